The second-order valence-corrected chi connectivity index (χ2v) is 5.83. The molecule has 1 heteroatoms. The van der Waals surface area contributed by atoms with E-state index in [2.05, 4.69) is 27.7 Å². The SMILES string of the molecule is CCCCCCCOC(C)(C)CCCCCC. The first-order valence-corrected chi connectivity index (χ1v) is 7.76. The summed E-state index contributed by atoms with van der Waals surface area (Å²) in [5.41, 5.74) is 0.0957. The van der Waals surface area contributed by atoms with Gasteiger partial charge in [0, 0.05) is 6.61 Å². The lowest BCUT2D eigenvalue weighted by molar-refractivity contribution is -0.0266. The van der Waals surface area contributed by atoms with Gasteiger partial charge in [-0.25, -0.2) is 0 Å². The van der Waals surface area contributed by atoms with E-state index >= 15 is 0 Å². The van der Waals surface area contributed by atoms with Crippen LogP contribution in [0.1, 0.15) is 91.9 Å². The number of ether oxygens (including phenoxy) is 1. The van der Waals surface area contributed by atoms with Crippen LogP contribution in [0.4, 0.5) is 0 Å². The van der Waals surface area contributed by atoms with E-state index in [0.717, 1.165) is 6.61 Å². The molecule has 0 aromatic carbocycles. The number of unbranched alkanes of at least 4 members (excludes halogenated alkanes) is 7. The third-order valence-electron chi connectivity index (χ3n) is 3.37. The summed E-state index contributed by atoms with van der Waals surface area (Å²) in [6.07, 6.45) is 13.2. The predicted molar refractivity (Wildman–Crippen MR) is 77.5 cm³/mol. The highest BCUT2D eigenvalue weighted by atomic mass is 16.5. The zero-order chi connectivity index (χ0) is 13.0. The molecule has 0 aliphatic heterocycles. The molecule has 0 radical (unpaired) electrons. The minimum Gasteiger partial charge on any atom is -0.376 e. The van der Waals surface area contributed by atoms with Crippen molar-refractivity contribution in [3.63, 3.8) is 0 Å². The average molecular weight is 242 g/mol. The molecule has 0 atom stereocenters. The monoisotopic (exact) mass is 242 g/mol. The van der Waals surface area contributed by atoms with Crippen LogP contribution >= 0.6 is 0 Å². The third kappa shape index (κ3) is 12.2. The quantitative estimate of drug-likeness (QED) is 0.397. The summed E-state index contributed by atoms with van der Waals surface area (Å²) in [6, 6.07) is 0. The van der Waals surface area contributed by atoms with E-state index in [1.165, 1.54) is 64.2 Å². The Morgan fingerprint density at radius 1 is 0.706 bits per heavy atom. The second kappa shape index (κ2) is 11.1. The van der Waals surface area contributed by atoms with Crippen LogP contribution in [0.15, 0.2) is 0 Å². The molecule has 0 heterocycles. The summed E-state index contributed by atoms with van der Waals surface area (Å²) in [4.78, 5) is 0. The van der Waals surface area contributed by atoms with E-state index in [1.54, 1.807) is 0 Å². The molecule has 0 spiro atoms. The molecule has 0 rings (SSSR count). The van der Waals surface area contributed by atoms with Crippen molar-refractivity contribution in [1.29, 1.82) is 0 Å². The first kappa shape index (κ1) is 17.0. The maximum absolute atomic E-state index is 5.99. The fraction of sp³-hybridized carbons (Fsp3) is 1.00. The topological polar surface area (TPSA) is 9.23 Å². The smallest absolute Gasteiger partial charge is 0.0626 e. The van der Waals surface area contributed by atoms with Crippen LogP contribution in [0, 0.1) is 0 Å². The number of rotatable bonds is 12. The Hall–Kier alpha value is -0.0400. The fourth-order valence-electron chi connectivity index (χ4n) is 2.10. The first-order chi connectivity index (χ1) is 8.12. The van der Waals surface area contributed by atoms with Crippen LogP contribution < -0.4 is 0 Å². The van der Waals surface area contributed by atoms with E-state index < -0.39 is 0 Å². The maximum Gasteiger partial charge on any atom is 0.0626 e. The van der Waals surface area contributed by atoms with Crippen molar-refractivity contribution in [3.8, 4) is 0 Å². The van der Waals surface area contributed by atoms with Gasteiger partial charge < -0.3 is 4.74 Å². The van der Waals surface area contributed by atoms with Gasteiger partial charge in [0.2, 0.25) is 0 Å². The Kier molecular flexibility index (Phi) is 11.0. The lowest BCUT2D eigenvalue weighted by atomic mass is 10.00. The van der Waals surface area contributed by atoms with Gasteiger partial charge >= 0.3 is 0 Å². The molecule has 0 aliphatic rings. The van der Waals surface area contributed by atoms with Crippen LogP contribution in [0.3, 0.4) is 0 Å². The molecule has 0 saturated heterocycles. The molecular weight excluding hydrogens is 208 g/mol. The molecule has 1 nitrogen and oxygen atoms in total. The van der Waals surface area contributed by atoms with E-state index in [0.29, 0.717) is 0 Å². The van der Waals surface area contributed by atoms with Gasteiger partial charge in [0.1, 0.15) is 0 Å². The Morgan fingerprint density at radius 2 is 1.24 bits per heavy atom. The van der Waals surface area contributed by atoms with Crippen LogP contribution in [0.25, 0.3) is 0 Å². The minimum absolute atomic E-state index is 0.0957. The molecule has 0 unspecified atom stereocenters. The predicted octanol–water partition coefficient (Wildman–Crippen LogP) is 5.72. The van der Waals surface area contributed by atoms with E-state index in [-0.39, 0.29) is 5.60 Å². The fourth-order valence-corrected chi connectivity index (χ4v) is 2.10. The lowest BCUT2D eigenvalue weighted by Gasteiger charge is -2.25. The second-order valence-electron chi connectivity index (χ2n) is 5.83. The molecule has 0 amide bonds. The van der Waals surface area contributed by atoms with Gasteiger partial charge in [-0.1, -0.05) is 65.2 Å². The van der Waals surface area contributed by atoms with Crippen LogP contribution in [-0.2, 0) is 4.74 Å². The van der Waals surface area contributed by atoms with Crippen molar-refractivity contribution < 1.29 is 4.74 Å². The van der Waals surface area contributed by atoms with Crippen LogP contribution in [-0.4, -0.2) is 12.2 Å². The molecule has 0 saturated carbocycles. The highest BCUT2D eigenvalue weighted by molar-refractivity contribution is 4.68. The van der Waals surface area contributed by atoms with Gasteiger partial charge in [0.25, 0.3) is 0 Å². The molecule has 0 aromatic heterocycles. The summed E-state index contributed by atoms with van der Waals surface area (Å²) < 4.78 is 5.99. The van der Waals surface area contributed by atoms with E-state index in [9.17, 15) is 0 Å². The van der Waals surface area contributed by atoms with Gasteiger partial charge in [-0.15, -0.1) is 0 Å². The molecule has 17 heavy (non-hydrogen) atoms. The Labute approximate surface area is 109 Å². The summed E-state index contributed by atoms with van der Waals surface area (Å²) in [5.74, 6) is 0. The highest BCUT2D eigenvalue weighted by Gasteiger charge is 2.16. The van der Waals surface area contributed by atoms with Crippen molar-refractivity contribution >= 4 is 0 Å². The zero-order valence-corrected chi connectivity index (χ0v) is 12.7. The minimum atomic E-state index is 0.0957. The molecular formula is C16H34O. The molecule has 0 aliphatic carbocycles. The summed E-state index contributed by atoms with van der Waals surface area (Å²) in [6.45, 7) is 9.95. The van der Waals surface area contributed by atoms with Crippen molar-refractivity contribution in [2.24, 2.45) is 0 Å². The number of hydrogen-bond acceptors (Lipinski definition) is 1. The molecule has 0 fully saturated rings. The van der Waals surface area contributed by atoms with Crippen LogP contribution in [0.5, 0.6) is 0 Å². The summed E-state index contributed by atoms with van der Waals surface area (Å²) in [7, 11) is 0. The van der Waals surface area contributed by atoms with Gasteiger partial charge in [-0.05, 0) is 26.7 Å². The van der Waals surface area contributed by atoms with E-state index in [4.69, 9.17) is 4.74 Å². The normalized spacial score (nSPS) is 12.0. The van der Waals surface area contributed by atoms with Crippen molar-refractivity contribution in [1.82, 2.24) is 0 Å². The lowest BCUT2D eigenvalue weighted by Crippen LogP contribution is -2.24. The highest BCUT2D eigenvalue weighted by Crippen LogP contribution is 2.19. The molecule has 0 bridgehead atoms. The Balaban J connectivity index is 3.37. The van der Waals surface area contributed by atoms with Gasteiger partial charge in [0.15, 0.2) is 0 Å². The standard InChI is InChI=1S/C16H34O/c1-5-7-9-11-13-15-17-16(3,4)14-12-10-8-6-2/h5-15H2,1-4H3. The van der Waals surface area contributed by atoms with Gasteiger partial charge in [0.05, 0.1) is 5.60 Å². The largest absolute Gasteiger partial charge is 0.376 e. The van der Waals surface area contributed by atoms with E-state index in [1.807, 2.05) is 0 Å². The average Bonchev–Trinajstić information content (AvgIpc) is 2.29. The zero-order valence-electron chi connectivity index (χ0n) is 12.7. The Bertz CT molecular complexity index is 152. The van der Waals surface area contributed by atoms with Crippen LogP contribution in [0.2, 0.25) is 0 Å². The summed E-state index contributed by atoms with van der Waals surface area (Å²) in [5, 5.41) is 0. The third-order valence-corrected chi connectivity index (χ3v) is 3.37. The molecule has 0 aromatic rings. The van der Waals surface area contributed by atoms with Gasteiger partial charge in [-0.3, -0.25) is 0 Å². The van der Waals surface area contributed by atoms with Crippen molar-refractivity contribution in [3.05, 3.63) is 0 Å². The Morgan fingerprint density at radius 3 is 1.82 bits per heavy atom. The van der Waals surface area contributed by atoms with Gasteiger partial charge in [-0.2, -0.15) is 0 Å². The maximum atomic E-state index is 5.99. The first-order valence-electron chi connectivity index (χ1n) is 7.76. The molecule has 0 N–H and O–H groups in total. The number of hydrogen-bond donors (Lipinski definition) is 0. The van der Waals surface area contributed by atoms with Crippen molar-refractivity contribution in [2.45, 2.75) is 97.5 Å². The summed E-state index contributed by atoms with van der Waals surface area (Å²) >= 11 is 0. The molecule has 104 valence electrons. The van der Waals surface area contributed by atoms with Crippen molar-refractivity contribution in [2.75, 3.05) is 6.61 Å².